The molecule has 116 valence electrons. The smallest absolute Gasteiger partial charge is 0.229 e. The third-order valence-electron chi connectivity index (χ3n) is 4.35. The Kier molecular flexibility index (Phi) is 4.20. The van der Waals surface area contributed by atoms with Gasteiger partial charge in [0.1, 0.15) is 5.82 Å². The first-order valence-corrected chi connectivity index (χ1v) is 7.55. The number of carbonyl (C=O) groups is 1. The van der Waals surface area contributed by atoms with Crippen molar-refractivity contribution in [3.05, 3.63) is 48.3 Å². The number of hydrogen-bond acceptors (Lipinski definition) is 4. The Morgan fingerprint density at radius 3 is 2.95 bits per heavy atom. The Morgan fingerprint density at radius 1 is 1.41 bits per heavy atom. The van der Waals surface area contributed by atoms with E-state index >= 15 is 0 Å². The van der Waals surface area contributed by atoms with Crippen molar-refractivity contribution in [2.24, 2.45) is 0 Å². The van der Waals surface area contributed by atoms with Crippen LogP contribution in [0, 0.1) is 0 Å². The maximum atomic E-state index is 12.8. The highest BCUT2D eigenvalue weighted by Gasteiger charge is 2.32. The van der Waals surface area contributed by atoms with Crippen molar-refractivity contribution in [1.82, 2.24) is 24.8 Å². The third kappa shape index (κ3) is 2.87. The molecule has 0 bridgehead atoms. The Balaban J connectivity index is 1.73. The minimum absolute atomic E-state index is 0.119. The zero-order chi connectivity index (χ0) is 15.5. The lowest BCUT2D eigenvalue weighted by molar-refractivity contribution is -0.135. The van der Waals surface area contributed by atoms with Gasteiger partial charge in [-0.25, -0.2) is 4.98 Å². The molecule has 0 aliphatic carbocycles. The van der Waals surface area contributed by atoms with Crippen molar-refractivity contribution < 1.29 is 4.79 Å². The second kappa shape index (κ2) is 6.27. The normalized spacial score (nSPS) is 20.8. The van der Waals surface area contributed by atoms with Gasteiger partial charge in [0.05, 0.1) is 12.0 Å². The number of likely N-dealkylation sites (N-methyl/N-ethyl adjacent to an activating group) is 1. The largest absolute Gasteiger partial charge is 0.347 e. The molecule has 2 aromatic heterocycles. The minimum atomic E-state index is -0.172. The van der Waals surface area contributed by atoms with E-state index in [2.05, 4.69) is 26.9 Å². The molecule has 1 aliphatic heterocycles. The van der Waals surface area contributed by atoms with Gasteiger partial charge >= 0.3 is 0 Å². The lowest BCUT2D eigenvalue weighted by Crippen LogP contribution is -2.50. The van der Waals surface area contributed by atoms with Gasteiger partial charge in [0, 0.05) is 44.4 Å². The number of aromatic nitrogens is 3. The van der Waals surface area contributed by atoms with Gasteiger partial charge in [-0.05, 0) is 25.6 Å². The number of nitrogens with zero attached hydrogens (tertiary/aromatic N) is 4. The van der Waals surface area contributed by atoms with E-state index in [1.54, 1.807) is 18.6 Å². The number of rotatable bonds is 3. The van der Waals surface area contributed by atoms with Gasteiger partial charge in [0.25, 0.3) is 0 Å². The molecular weight excluding hydrogens is 278 g/mol. The quantitative estimate of drug-likeness (QED) is 0.931. The van der Waals surface area contributed by atoms with E-state index in [-0.39, 0.29) is 17.9 Å². The molecule has 3 rings (SSSR count). The summed E-state index contributed by atoms with van der Waals surface area (Å²) in [5, 5.41) is 0. The number of aromatic amines is 1. The van der Waals surface area contributed by atoms with Crippen LogP contribution in [0.1, 0.15) is 30.3 Å². The molecule has 0 radical (unpaired) electrons. The van der Waals surface area contributed by atoms with E-state index in [1.807, 2.05) is 30.2 Å². The van der Waals surface area contributed by atoms with Gasteiger partial charge < -0.3 is 9.88 Å². The van der Waals surface area contributed by atoms with Gasteiger partial charge in [-0.15, -0.1) is 0 Å². The van der Waals surface area contributed by atoms with E-state index in [4.69, 9.17) is 0 Å². The summed E-state index contributed by atoms with van der Waals surface area (Å²) in [6, 6.07) is 3.94. The van der Waals surface area contributed by atoms with Crippen LogP contribution >= 0.6 is 0 Å². The minimum Gasteiger partial charge on any atom is -0.347 e. The molecular formula is C16H21N5O. The Bertz CT molecular complexity index is 613. The number of hydrogen-bond donors (Lipinski definition) is 1. The number of H-pyrrole nitrogens is 1. The molecule has 2 aromatic rings. The first-order chi connectivity index (χ1) is 10.7. The molecule has 2 atom stereocenters. The molecule has 1 amide bonds. The van der Waals surface area contributed by atoms with Crippen molar-refractivity contribution in [3.8, 4) is 0 Å². The third-order valence-corrected chi connectivity index (χ3v) is 4.35. The molecule has 1 saturated heterocycles. The molecule has 6 heteroatoms. The first-order valence-electron chi connectivity index (χ1n) is 7.55. The summed E-state index contributed by atoms with van der Waals surface area (Å²) in [6.45, 7) is 4.20. The summed E-state index contributed by atoms with van der Waals surface area (Å²) in [7, 11) is 2.07. The fourth-order valence-corrected chi connectivity index (χ4v) is 2.88. The van der Waals surface area contributed by atoms with E-state index in [1.165, 1.54) is 0 Å². The fraction of sp³-hybridized carbons (Fsp3) is 0.438. The molecule has 1 aliphatic rings. The zero-order valence-electron chi connectivity index (χ0n) is 12.9. The highest BCUT2D eigenvalue weighted by Crippen LogP contribution is 2.24. The van der Waals surface area contributed by atoms with Crippen LogP contribution in [0.25, 0.3) is 0 Å². The van der Waals surface area contributed by atoms with Crippen LogP contribution in [0.4, 0.5) is 0 Å². The number of imidazole rings is 1. The summed E-state index contributed by atoms with van der Waals surface area (Å²) in [6.07, 6.45) is 7.07. The molecule has 22 heavy (non-hydrogen) atoms. The van der Waals surface area contributed by atoms with Crippen LogP contribution in [0.5, 0.6) is 0 Å². The Morgan fingerprint density at radius 2 is 2.27 bits per heavy atom. The van der Waals surface area contributed by atoms with Crippen LogP contribution in [0.3, 0.4) is 0 Å². The lowest BCUT2D eigenvalue weighted by Gasteiger charge is -2.39. The summed E-state index contributed by atoms with van der Waals surface area (Å²) >= 11 is 0. The molecule has 6 nitrogen and oxygen atoms in total. The Labute approximate surface area is 130 Å². The highest BCUT2D eigenvalue weighted by molar-refractivity contribution is 5.83. The zero-order valence-corrected chi connectivity index (χ0v) is 12.9. The van der Waals surface area contributed by atoms with Gasteiger partial charge in [0.2, 0.25) is 5.91 Å². The molecule has 1 N–H and O–H groups in total. The van der Waals surface area contributed by atoms with E-state index in [0.717, 1.165) is 24.5 Å². The van der Waals surface area contributed by atoms with Crippen molar-refractivity contribution in [2.75, 3.05) is 26.7 Å². The molecule has 1 fully saturated rings. The van der Waals surface area contributed by atoms with Crippen molar-refractivity contribution in [2.45, 2.75) is 18.9 Å². The monoisotopic (exact) mass is 299 g/mol. The summed E-state index contributed by atoms with van der Waals surface area (Å²) in [5.74, 6) is 0.890. The lowest BCUT2D eigenvalue weighted by atomic mass is 10.0. The predicted octanol–water partition coefficient (Wildman–Crippen LogP) is 1.42. The van der Waals surface area contributed by atoms with Crippen molar-refractivity contribution in [1.29, 1.82) is 0 Å². The maximum Gasteiger partial charge on any atom is 0.229 e. The van der Waals surface area contributed by atoms with Crippen LogP contribution < -0.4 is 0 Å². The molecule has 0 unspecified atom stereocenters. The predicted molar refractivity (Wildman–Crippen MR) is 83.2 cm³/mol. The van der Waals surface area contributed by atoms with Crippen molar-refractivity contribution >= 4 is 5.91 Å². The van der Waals surface area contributed by atoms with Crippen LogP contribution in [0.15, 0.2) is 36.9 Å². The standard InChI is InChI=1S/C16H21N5O/c1-12(13-4-3-5-17-10-13)16(22)21-9-8-20(2)14(11-21)15-18-6-7-19-15/h3-7,10,12,14H,8-9,11H2,1-2H3,(H,18,19)/t12-,14-/m1/s1. The van der Waals surface area contributed by atoms with E-state index in [0.29, 0.717) is 6.54 Å². The van der Waals surface area contributed by atoms with Gasteiger partial charge in [0.15, 0.2) is 0 Å². The maximum absolute atomic E-state index is 12.8. The van der Waals surface area contributed by atoms with E-state index in [9.17, 15) is 4.79 Å². The van der Waals surface area contributed by atoms with Crippen LogP contribution in [0.2, 0.25) is 0 Å². The average molecular weight is 299 g/mol. The summed E-state index contributed by atoms with van der Waals surface area (Å²) in [4.78, 5) is 28.5. The number of pyridine rings is 1. The second-order valence-corrected chi connectivity index (χ2v) is 5.76. The van der Waals surface area contributed by atoms with E-state index < -0.39 is 0 Å². The van der Waals surface area contributed by atoms with Crippen LogP contribution in [-0.2, 0) is 4.79 Å². The summed E-state index contributed by atoms with van der Waals surface area (Å²) < 4.78 is 0. The Hall–Kier alpha value is -2.21. The number of piperazine rings is 1. The van der Waals surface area contributed by atoms with Crippen molar-refractivity contribution in [3.63, 3.8) is 0 Å². The summed E-state index contributed by atoms with van der Waals surface area (Å²) in [5.41, 5.74) is 0.959. The van der Waals surface area contributed by atoms with Gasteiger partial charge in [-0.2, -0.15) is 0 Å². The number of nitrogens with one attached hydrogen (secondary N) is 1. The van der Waals surface area contributed by atoms with Gasteiger partial charge in [-0.3, -0.25) is 14.7 Å². The topological polar surface area (TPSA) is 65.1 Å². The first kappa shape index (κ1) is 14.7. The van der Waals surface area contributed by atoms with Gasteiger partial charge in [-0.1, -0.05) is 6.07 Å². The molecule has 3 heterocycles. The molecule has 0 aromatic carbocycles. The number of amides is 1. The highest BCUT2D eigenvalue weighted by atomic mass is 16.2. The number of carbonyl (C=O) groups excluding carboxylic acids is 1. The second-order valence-electron chi connectivity index (χ2n) is 5.76. The average Bonchev–Trinajstić information content (AvgIpc) is 3.09. The molecule has 0 spiro atoms. The van der Waals surface area contributed by atoms with Crippen LogP contribution in [-0.4, -0.2) is 57.3 Å². The SMILES string of the molecule is C[C@@H](C(=O)N1CCN(C)[C@@H](c2ncc[nH]2)C1)c1cccnc1. The fourth-order valence-electron chi connectivity index (χ4n) is 2.88. The molecule has 0 saturated carbocycles.